The lowest BCUT2D eigenvalue weighted by Gasteiger charge is -2.15. The van der Waals surface area contributed by atoms with Crippen LogP contribution in [0.1, 0.15) is 13.8 Å². The molecule has 6 N–H and O–H groups in total. The monoisotopic (exact) mass is 380 g/mol. The fourth-order valence-electron chi connectivity index (χ4n) is 1.44. The van der Waals surface area contributed by atoms with Crippen molar-refractivity contribution in [2.24, 2.45) is 0 Å². The molecule has 0 aromatic heterocycles. The first kappa shape index (κ1) is 20.5. The average molecular weight is 380 g/mol. The summed E-state index contributed by atoms with van der Waals surface area (Å²) in [4.78, 5) is 59.1. The molecule has 0 bridgehead atoms. The molecule has 0 aliphatic carbocycles. The van der Waals surface area contributed by atoms with Gasteiger partial charge in [-0.2, -0.15) is 0 Å². The highest BCUT2D eigenvalue weighted by Gasteiger charge is 2.32. The van der Waals surface area contributed by atoms with E-state index in [9.17, 15) is 18.7 Å². The number of benzene rings is 1. The molecule has 0 radical (unpaired) electrons. The van der Waals surface area contributed by atoms with Gasteiger partial charge >= 0.3 is 15.2 Å². The van der Waals surface area contributed by atoms with Crippen molar-refractivity contribution in [3.63, 3.8) is 0 Å². The first-order valence-corrected chi connectivity index (χ1v) is 10.0. The van der Waals surface area contributed by atoms with Crippen LogP contribution >= 0.6 is 15.2 Å². The SMILES string of the molecule is CC(C(=O)Nc1ccc(NC(=O)C(C)P(=O)(O)O)cc1)P(=O)(O)O. The highest BCUT2D eigenvalue weighted by Crippen LogP contribution is 2.42. The smallest absolute Gasteiger partial charge is 0.325 e. The summed E-state index contributed by atoms with van der Waals surface area (Å²) >= 11 is 0. The van der Waals surface area contributed by atoms with Crippen molar-refractivity contribution in [3.05, 3.63) is 24.3 Å². The van der Waals surface area contributed by atoms with Gasteiger partial charge in [0, 0.05) is 11.4 Å². The standard InChI is InChI=1S/C12H18N2O8P2/c1-7(23(17,18)19)11(15)13-9-3-5-10(6-4-9)14-12(16)8(2)24(20,21)22/h3-8H,1-2H3,(H,13,15)(H,14,16)(H2,17,18,19)(H2,20,21,22). The van der Waals surface area contributed by atoms with Gasteiger partial charge in [-0.1, -0.05) is 0 Å². The van der Waals surface area contributed by atoms with Crippen molar-refractivity contribution in [3.8, 4) is 0 Å². The molecule has 2 unspecified atom stereocenters. The van der Waals surface area contributed by atoms with E-state index in [2.05, 4.69) is 10.6 Å². The molecule has 2 atom stereocenters. The Balaban J connectivity index is 2.73. The molecule has 0 saturated heterocycles. The molecule has 134 valence electrons. The number of nitrogens with one attached hydrogen (secondary N) is 2. The van der Waals surface area contributed by atoms with Crippen molar-refractivity contribution in [2.75, 3.05) is 10.6 Å². The fraction of sp³-hybridized carbons (Fsp3) is 0.333. The quantitative estimate of drug-likeness (QED) is 0.391. The van der Waals surface area contributed by atoms with Crippen LogP contribution in [0.5, 0.6) is 0 Å². The van der Waals surface area contributed by atoms with E-state index in [1.807, 2.05) is 0 Å². The molecule has 0 aliphatic rings. The van der Waals surface area contributed by atoms with Gasteiger partial charge in [-0.25, -0.2) is 0 Å². The molecule has 24 heavy (non-hydrogen) atoms. The van der Waals surface area contributed by atoms with E-state index < -0.39 is 38.3 Å². The molecule has 1 rings (SSSR count). The summed E-state index contributed by atoms with van der Waals surface area (Å²) in [6.45, 7) is 2.18. The molecule has 0 fully saturated rings. The average Bonchev–Trinajstić information content (AvgIpc) is 2.45. The minimum Gasteiger partial charge on any atom is -0.325 e. The lowest BCUT2D eigenvalue weighted by atomic mass is 10.2. The summed E-state index contributed by atoms with van der Waals surface area (Å²) in [5, 5.41) is 4.61. The molecule has 0 saturated carbocycles. The Morgan fingerprint density at radius 3 is 1.25 bits per heavy atom. The molecule has 0 aliphatic heterocycles. The van der Waals surface area contributed by atoms with Crippen molar-refractivity contribution in [2.45, 2.75) is 25.2 Å². The summed E-state index contributed by atoms with van der Waals surface area (Å²) in [6, 6.07) is 5.45. The van der Waals surface area contributed by atoms with Crippen LogP contribution in [0, 0.1) is 0 Å². The predicted molar refractivity (Wildman–Crippen MR) is 86.7 cm³/mol. The predicted octanol–water partition coefficient (Wildman–Crippen LogP) is 0.696. The summed E-state index contributed by atoms with van der Waals surface area (Å²) in [7, 11) is -9.10. The van der Waals surface area contributed by atoms with Gasteiger partial charge < -0.3 is 30.2 Å². The van der Waals surface area contributed by atoms with E-state index in [4.69, 9.17) is 19.6 Å². The second-order valence-electron chi connectivity index (χ2n) is 5.09. The molecular formula is C12H18N2O8P2. The largest absolute Gasteiger partial charge is 0.337 e. The zero-order valence-electron chi connectivity index (χ0n) is 12.8. The minimum atomic E-state index is -4.55. The third-order valence-corrected chi connectivity index (χ3v) is 5.68. The maximum Gasteiger partial charge on any atom is 0.337 e. The van der Waals surface area contributed by atoms with E-state index in [1.54, 1.807) is 0 Å². The van der Waals surface area contributed by atoms with E-state index in [0.717, 1.165) is 13.8 Å². The van der Waals surface area contributed by atoms with E-state index in [1.165, 1.54) is 24.3 Å². The number of carbonyl (C=O) groups excluding carboxylic acids is 2. The fourth-order valence-corrected chi connectivity index (χ4v) is 2.18. The van der Waals surface area contributed by atoms with E-state index >= 15 is 0 Å². The van der Waals surface area contributed by atoms with Gasteiger partial charge in [0.25, 0.3) is 0 Å². The molecular weight excluding hydrogens is 362 g/mol. The topological polar surface area (TPSA) is 173 Å². The molecule has 1 aromatic carbocycles. The Morgan fingerprint density at radius 2 is 1.04 bits per heavy atom. The lowest BCUT2D eigenvalue weighted by Crippen LogP contribution is -2.25. The molecule has 0 spiro atoms. The van der Waals surface area contributed by atoms with Gasteiger partial charge in [-0.05, 0) is 38.1 Å². The number of rotatable bonds is 6. The third kappa shape index (κ3) is 5.83. The third-order valence-electron chi connectivity index (χ3n) is 3.19. The van der Waals surface area contributed by atoms with Crippen LogP contribution in [0.3, 0.4) is 0 Å². The van der Waals surface area contributed by atoms with Crippen molar-refractivity contribution in [1.29, 1.82) is 0 Å². The molecule has 10 nitrogen and oxygen atoms in total. The van der Waals surface area contributed by atoms with Crippen LogP contribution in [0.2, 0.25) is 0 Å². The van der Waals surface area contributed by atoms with Crippen LogP contribution in [-0.4, -0.2) is 42.7 Å². The Bertz CT molecular complexity index is 647. The molecule has 12 heteroatoms. The Labute approximate surface area is 137 Å². The van der Waals surface area contributed by atoms with Gasteiger partial charge in [0.15, 0.2) is 0 Å². The van der Waals surface area contributed by atoms with Gasteiger partial charge in [-0.15, -0.1) is 0 Å². The van der Waals surface area contributed by atoms with E-state index in [0.29, 0.717) is 0 Å². The number of hydrogen-bond acceptors (Lipinski definition) is 4. The van der Waals surface area contributed by atoms with Crippen LogP contribution in [0.25, 0.3) is 0 Å². The number of hydrogen-bond donors (Lipinski definition) is 6. The first-order chi connectivity index (χ1) is 10.8. The number of anilines is 2. The first-order valence-electron chi connectivity index (χ1n) is 6.64. The molecule has 0 heterocycles. The van der Waals surface area contributed by atoms with E-state index in [-0.39, 0.29) is 11.4 Å². The van der Waals surface area contributed by atoms with Crippen molar-refractivity contribution < 1.29 is 38.3 Å². The zero-order chi connectivity index (χ0) is 18.7. The number of amides is 2. The normalized spacial score (nSPS) is 14.6. The summed E-state index contributed by atoms with van der Waals surface area (Å²) in [5.41, 5.74) is -2.55. The summed E-state index contributed by atoms with van der Waals surface area (Å²) < 4.78 is 22.0. The Morgan fingerprint density at radius 1 is 0.792 bits per heavy atom. The van der Waals surface area contributed by atoms with Crippen LogP contribution in [0.15, 0.2) is 24.3 Å². The Kier molecular flexibility index (Phi) is 6.46. The van der Waals surface area contributed by atoms with Gasteiger partial charge in [0.1, 0.15) is 11.3 Å². The second-order valence-corrected chi connectivity index (χ2v) is 8.99. The van der Waals surface area contributed by atoms with Gasteiger partial charge in [-0.3, -0.25) is 18.7 Å². The van der Waals surface area contributed by atoms with Crippen LogP contribution < -0.4 is 10.6 Å². The maximum absolute atomic E-state index is 11.7. The van der Waals surface area contributed by atoms with Crippen LogP contribution in [0.4, 0.5) is 11.4 Å². The van der Waals surface area contributed by atoms with Crippen molar-refractivity contribution >= 4 is 38.4 Å². The summed E-state index contributed by atoms with van der Waals surface area (Å²) in [6.07, 6.45) is 0. The number of carbonyl (C=O) groups is 2. The molecule has 2 amide bonds. The highest BCUT2D eigenvalue weighted by molar-refractivity contribution is 7.54. The van der Waals surface area contributed by atoms with Crippen LogP contribution in [-0.2, 0) is 18.7 Å². The highest BCUT2D eigenvalue weighted by atomic mass is 31.2. The maximum atomic E-state index is 11.7. The van der Waals surface area contributed by atoms with Gasteiger partial charge in [0.2, 0.25) is 11.8 Å². The summed E-state index contributed by atoms with van der Waals surface area (Å²) in [5.74, 6) is -1.73. The molecule has 1 aromatic rings. The lowest BCUT2D eigenvalue weighted by molar-refractivity contribution is -0.116. The van der Waals surface area contributed by atoms with Crippen molar-refractivity contribution in [1.82, 2.24) is 0 Å². The Hall–Kier alpha value is -1.54. The second kappa shape index (κ2) is 7.57. The zero-order valence-corrected chi connectivity index (χ0v) is 14.6. The minimum absolute atomic E-state index is 0.237. The van der Waals surface area contributed by atoms with Gasteiger partial charge in [0.05, 0.1) is 0 Å².